The van der Waals surface area contributed by atoms with E-state index in [0.29, 0.717) is 0 Å². The molecule has 1 fully saturated rings. The summed E-state index contributed by atoms with van der Waals surface area (Å²) in [5.41, 5.74) is 0.134. The van der Waals surface area contributed by atoms with Crippen molar-refractivity contribution in [2.24, 2.45) is 0 Å². The fourth-order valence-electron chi connectivity index (χ4n) is 2.25. The van der Waals surface area contributed by atoms with Crippen LogP contribution in [0.5, 0.6) is 0 Å². The number of hydrogen-bond donors (Lipinski definition) is 1. The van der Waals surface area contributed by atoms with Gasteiger partial charge in [-0.1, -0.05) is 18.2 Å². The molecule has 6 heteroatoms. The van der Waals surface area contributed by atoms with Gasteiger partial charge in [-0.15, -0.1) is 0 Å². The van der Waals surface area contributed by atoms with E-state index in [-0.39, 0.29) is 24.6 Å². The van der Waals surface area contributed by atoms with Crippen LogP contribution < -0.4 is 0 Å². The van der Waals surface area contributed by atoms with Crippen molar-refractivity contribution >= 4 is 0 Å². The van der Waals surface area contributed by atoms with E-state index in [1.54, 1.807) is 6.07 Å². The first-order valence-corrected chi connectivity index (χ1v) is 6.60. The largest absolute Gasteiger partial charge is 0.401 e. The zero-order valence-corrected chi connectivity index (χ0v) is 10.9. The van der Waals surface area contributed by atoms with Crippen LogP contribution in [0.2, 0.25) is 0 Å². The maximum absolute atomic E-state index is 13.5. The number of rotatable bonds is 6. The average molecular weight is 291 g/mol. The van der Waals surface area contributed by atoms with Gasteiger partial charge in [0.1, 0.15) is 5.82 Å². The number of halogens is 4. The van der Waals surface area contributed by atoms with Gasteiger partial charge in [-0.2, -0.15) is 13.2 Å². The molecule has 2 rings (SSSR count). The molecule has 20 heavy (non-hydrogen) atoms. The van der Waals surface area contributed by atoms with Crippen molar-refractivity contribution in [3.63, 3.8) is 0 Å². The Morgan fingerprint density at radius 3 is 2.45 bits per heavy atom. The molecule has 0 spiro atoms. The molecule has 0 bridgehead atoms. The molecule has 1 aromatic rings. The summed E-state index contributed by atoms with van der Waals surface area (Å²) in [4.78, 5) is 1.32. The van der Waals surface area contributed by atoms with Gasteiger partial charge < -0.3 is 5.11 Å². The van der Waals surface area contributed by atoms with E-state index in [4.69, 9.17) is 0 Å². The van der Waals surface area contributed by atoms with Gasteiger partial charge in [0, 0.05) is 18.2 Å². The van der Waals surface area contributed by atoms with Gasteiger partial charge in [-0.05, 0) is 25.3 Å². The average Bonchev–Trinajstić information content (AvgIpc) is 3.17. The molecule has 0 aromatic heterocycles. The van der Waals surface area contributed by atoms with Gasteiger partial charge in [0.05, 0.1) is 12.6 Å². The summed E-state index contributed by atoms with van der Waals surface area (Å²) in [5.74, 6) is -0.534. The normalized spacial score (nSPS) is 17.5. The highest BCUT2D eigenvalue weighted by Gasteiger charge is 2.37. The fraction of sp³-hybridized carbons (Fsp3) is 0.571. The van der Waals surface area contributed by atoms with Crippen LogP contribution in [0.4, 0.5) is 17.6 Å². The predicted molar refractivity (Wildman–Crippen MR) is 66.6 cm³/mol. The molecule has 0 radical (unpaired) electrons. The summed E-state index contributed by atoms with van der Waals surface area (Å²) < 4.78 is 50.8. The molecule has 2 nitrogen and oxygen atoms in total. The van der Waals surface area contributed by atoms with E-state index in [0.717, 1.165) is 12.8 Å². The van der Waals surface area contributed by atoms with Crippen molar-refractivity contribution in [3.8, 4) is 0 Å². The summed E-state index contributed by atoms with van der Waals surface area (Å²) >= 11 is 0. The van der Waals surface area contributed by atoms with Gasteiger partial charge in [-0.25, -0.2) is 4.39 Å². The topological polar surface area (TPSA) is 23.5 Å². The lowest BCUT2D eigenvalue weighted by molar-refractivity contribution is -0.147. The van der Waals surface area contributed by atoms with E-state index in [1.165, 1.54) is 23.1 Å². The highest BCUT2D eigenvalue weighted by Crippen LogP contribution is 2.31. The van der Waals surface area contributed by atoms with E-state index in [1.807, 2.05) is 0 Å². The van der Waals surface area contributed by atoms with Gasteiger partial charge in [0.15, 0.2) is 0 Å². The predicted octanol–water partition coefficient (Wildman–Crippen LogP) is 3.28. The molecule has 1 saturated carbocycles. The van der Waals surface area contributed by atoms with Crippen molar-refractivity contribution in [2.45, 2.75) is 37.6 Å². The van der Waals surface area contributed by atoms with Crippen LogP contribution in [-0.2, 0) is 0 Å². The molecule has 1 aliphatic carbocycles. The van der Waals surface area contributed by atoms with Crippen LogP contribution >= 0.6 is 0 Å². The Morgan fingerprint density at radius 1 is 1.25 bits per heavy atom. The summed E-state index contributed by atoms with van der Waals surface area (Å²) in [6.45, 7) is -0.860. The third-order valence-corrected chi connectivity index (χ3v) is 3.40. The summed E-state index contributed by atoms with van der Waals surface area (Å²) in [5, 5.41) is 9.90. The number of benzene rings is 1. The Balaban J connectivity index is 1.91. The summed E-state index contributed by atoms with van der Waals surface area (Å²) in [6.07, 6.45) is -3.72. The number of aliphatic hydroxyl groups excluding tert-OH is 1. The standard InChI is InChI=1S/C14H17F4NO/c15-12-4-2-1-3-11(12)13(20)7-8-19(10-5-6-10)9-14(16,17)18/h1-4,10,13,20H,5-9H2. The maximum atomic E-state index is 13.5. The Morgan fingerprint density at radius 2 is 1.90 bits per heavy atom. The minimum atomic E-state index is -4.24. The maximum Gasteiger partial charge on any atom is 0.401 e. The first-order chi connectivity index (χ1) is 9.37. The van der Waals surface area contributed by atoms with Crippen molar-refractivity contribution in [3.05, 3.63) is 35.6 Å². The monoisotopic (exact) mass is 291 g/mol. The van der Waals surface area contributed by atoms with Crippen LogP contribution in [0, 0.1) is 5.82 Å². The minimum absolute atomic E-state index is 0.0514. The Bertz CT molecular complexity index is 445. The molecule has 0 saturated heterocycles. The third kappa shape index (κ3) is 4.45. The second-order valence-corrected chi connectivity index (χ2v) is 5.14. The van der Waals surface area contributed by atoms with Crippen molar-refractivity contribution in [1.29, 1.82) is 0 Å². The lowest BCUT2D eigenvalue weighted by Gasteiger charge is -2.24. The van der Waals surface area contributed by atoms with E-state index >= 15 is 0 Å². The molecule has 1 aliphatic rings. The van der Waals surface area contributed by atoms with Crippen LogP contribution in [0.3, 0.4) is 0 Å². The summed E-state index contributed by atoms with van der Waals surface area (Å²) in [7, 11) is 0. The van der Waals surface area contributed by atoms with Crippen molar-refractivity contribution in [2.75, 3.05) is 13.1 Å². The molecule has 1 atom stereocenters. The van der Waals surface area contributed by atoms with Gasteiger partial charge in [0.2, 0.25) is 0 Å². The number of hydrogen-bond acceptors (Lipinski definition) is 2. The van der Waals surface area contributed by atoms with Gasteiger partial charge in [0.25, 0.3) is 0 Å². The second kappa shape index (κ2) is 6.10. The first kappa shape index (κ1) is 15.3. The lowest BCUT2D eigenvalue weighted by atomic mass is 10.1. The quantitative estimate of drug-likeness (QED) is 0.813. The van der Waals surface area contributed by atoms with Crippen LogP contribution in [-0.4, -0.2) is 35.3 Å². The smallest absolute Gasteiger partial charge is 0.388 e. The fourth-order valence-corrected chi connectivity index (χ4v) is 2.25. The Hall–Kier alpha value is -1.14. The molecule has 1 N–H and O–H groups in total. The Kier molecular flexibility index (Phi) is 4.65. The van der Waals surface area contributed by atoms with E-state index < -0.39 is 24.6 Å². The van der Waals surface area contributed by atoms with Crippen molar-refractivity contribution < 1.29 is 22.7 Å². The summed E-state index contributed by atoms with van der Waals surface area (Å²) in [6, 6.07) is 5.73. The number of alkyl halides is 3. The SMILES string of the molecule is OC(CCN(CC(F)(F)F)C1CC1)c1ccccc1F. The molecular formula is C14H17F4NO. The number of nitrogens with zero attached hydrogens (tertiary/aromatic N) is 1. The molecule has 1 aromatic carbocycles. The highest BCUT2D eigenvalue weighted by atomic mass is 19.4. The lowest BCUT2D eigenvalue weighted by Crippen LogP contribution is -2.37. The molecule has 0 amide bonds. The molecule has 0 aliphatic heterocycles. The zero-order chi connectivity index (χ0) is 14.8. The van der Waals surface area contributed by atoms with Crippen LogP contribution in [0.15, 0.2) is 24.3 Å². The second-order valence-electron chi connectivity index (χ2n) is 5.14. The van der Waals surface area contributed by atoms with E-state index in [9.17, 15) is 22.7 Å². The van der Waals surface area contributed by atoms with E-state index in [2.05, 4.69) is 0 Å². The van der Waals surface area contributed by atoms with Crippen LogP contribution in [0.1, 0.15) is 30.9 Å². The minimum Gasteiger partial charge on any atom is -0.388 e. The molecule has 1 unspecified atom stereocenters. The zero-order valence-electron chi connectivity index (χ0n) is 10.9. The van der Waals surface area contributed by atoms with Crippen molar-refractivity contribution in [1.82, 2.24) is 4.90 Å². The highest BCUT2D eigenvalue weighted by molar-refractivity contribution is 5.19. The Labute approximate surface area is 115 Å². The van der Waals surface area contributed by atoms with Gasteiger partial charge in [-0.3, -0.25) is 4.90 Å². The molecule has 0 heterocycles. The third-order valence-electron chi connectivity index (χ3n) is 3.40. The van der Waals surface area contributed by atoms with Gasteiger partial charge >= 0.3 is 6.18 Å². The molecular weight excluding hydrogens is 274 g/mol. The molecule has 112 valence electrons. The number of aliphatic hydroxyl groups is 1. The van der Waals surface area contributed by atoms with Crippen LogP contribution in [0.25, 0.3) is 0 Å². The first-order valence-electron chi connectivity index (χ1n) is 6.60.